The Bertz CT molecular complexity index is 692. The van der Waals surface area contributed by atoms with Gasteiger partial charge in [0.25, 0.3) is 0 Å². The third-order valence-corrected chi connectivity index (χ3v) is 3.22. The Morgan fingerprint density at radius 3 is 2.35 bits per heavy atom. The molecule has 0 spiro atoms. The molecule has 0 bridgehead atoms. The maximum atomic E-state index is 11.2. The fourth-order valence-corrected chi connectivity index (χ4v) is 2.32. The molecule has 0 atom stereocenters. The highest BCUT2D eigenvalue weighted by molar-refractivity contribution is 5.96. The third-order valence-electron chi connectivity index (χ3n) is 3.22. The van der Waals surface area contributed by atoms with Gasteiger partial charge in [-0.05, 0) is 29.2 Å². The van der Waals surface area contributed by atoms with Crippen molar-refractivity contribution in [2.24, 2.45) is 0 Å². The van der Waals surface area contributed by atoms with Crippen LogP contribution in [0.4, 0.5) is 0 Å². The molecule has 20 heavy (non-hydrogen) atoms. The molecule has 0 fully saturated rings. The first-order chi connectivity index (χ1) is 9.20. The van der Waals surface area contributed by atoms with Crippen molar-refractivity contribution in [1.82, 2.24) is 4.57 Å². The Balaban J connectivity index is 2.78. The lowest BCUT2D eigenvalue weighted by Crippen LogP contribution is -2.16. The molecule has 1 aromatic heterocycles. The van der Waals surface area contributed by atoms with Crippen LogP contribution < -0.4 is 0 Å². The summed E-state index contributed by atoms with van der Waals surface area (Å²) in [7, 11) is 0. The van der Waals surface area contributed by atoms with Crippen LogP contribution in [0, 0.1) is 0 Å². The van der Waals surface area contributed by atoms with Crippen molar-refractivity contribution >= 4 is 22.8 Å². The number of nitrogens with zero attached hydrogens (tertiary/aromatic N) is 1. The minimum Gasteiger partial charge on any atom is -0.480 e. The first kappa shape index (κ1) is 14.1. The molecule has 1 heterocycles. The standard InChI is InChI=1S/C15H17NO4/c1-15(2,3)11-7-10(14(19)20)6-9-4-5-16(13(9)11)8-12(17)18/h4-7H,8H2,1-3H3,(H,17,18)(H,19,20). The van der Waals surface area contributed by atoms with E-state index in [1.807, 2.05) is 20.8 Å². The van der Waals surface area contributed by atoms with Crippen LogP contribution in [0.25, 0.3) is 10.9 Å². The molecule has 0 amide bonds. The summed E-state index contributed by atoms with van der Waals surface area (Å²) in [6.07, 6.45) is 1.68. The molecule has 106 valence electrons. The number of hydrogen-bond acceptors (Lipinski definition) is 2. The smallest absolute Gasteiger partial charge is 0.335 e. The highest BCUT2D eigenvalue weighted by Crippen LogP contribution is 2.32. The van der Waals surface area contributed by atoms with Gasteiger partial charge >= 0.3 is 11.9 Å². The van der Waals surface area contributed by atoms with Crippen molar-refractivity contribution < 1.29 is 19.8 Å². The van der Waals surface area contributed by atoms with Crippen molar-refractivity contribution in [2.75, 3.05) is 0 Å². The van der Waals surface area contributed by atoms with E-state index < -0.39 is 11.9 Å². The quantitative estimate of drug-likeness (QED) is 0.902. The largest absolute Gasteiger partial charge is 0.480 e. The number of fused-ring (bicyclic) bond motifs is 1. The maximum Gasteiger partial charge on any atom is 0.335 e. The van der Waals surface area contributed by atoms with E-state index in [1.54, 1.807) is 29.0 Å². The second kappa shape index (κ2) is 4.67. The van der Waals surface area contributed by atoms with Crippen LogP contribution in [0.1, 0.15) is 36.7 Å². The van der Waals surface area contributed by atoms with Crippen LogP contribution in [-0.2, 0) is 16.8 Å². The fourth-order valence-electron chi connectivity index (χ4n) is 2.32. The summed E-state index contributed by atoms with van der Waals surface area (Å²) >= 11 is 0. The molecule has 2 rings (SSSR count). The van der Waals surface area contributed by atoms with E-state index in [-0.39, 0.29) is 17.5 Å². The molecule has 0 saturated carbocycles. The first-order valence-corrected chi connectivity index (χ1v) is 6.28. The molecular weight excluding hydrogens is 258 g/mol. The van der Waals surface area contributed by atoms with Crippen LogP contribution in [0.3, 0.4) is 0 Å². The molecule has 0 aliphatic heterocycles. The number of aromatic carboxylic acids is 1. The van der Waals surface area contributed by atoms with E-state index in [1.165, 1.54) is 0 Å². The summed E-state index contributed by atoms with van der Waals surface area (Å²) in [5.74, 6) is -1.91. The van der Waals surface area contributed by atoms with E-state index in [4.69, 9.17) is 5.11 Å². The lowest BCUT2D eigenvalue weighted by Gasteiger charge is -2.22. The Kier molecular flexibility index (Phi) is 3.29. The number of carboxylic acids is 2. The molecule has 0 aliphatic carbocycles. The van der Waals surface area contributed by atoms with E-state index in [9.17, 15) is 14.7 Å². The number of carboxylic acid groups (broad SMARTS) is 2. The molecule has 1 aromatic carbocycles. The van der Waals surface area contributed by atoms with Gasteiger partial charge in [-0.25, -0.2) is 4.79 Å². The van der Waals surface area contributed by atoms with Crippen molar-refractivity contribution in [3.63, 3.8) is 0 Å². The van der Waals surface area contributed by atoms with Gasteiger partial charge in [-0.1, -0.05) is 20.8 Å². The van der Waals surface area contributed by atoms with E-state index in [0.29, 0.717) is 0 Å². The lowest BCUT2D eigenvalue weighted by molar-refractivity contribution is -0.137. The lowest BCUT2D eigenvalue weighted by atomic mass is 9.84. The van der Waals surface area contributed by atoms with Gasteiger partial charge in [0.15, 0.2) is 0 Å². The molecular formula is C15H17NO4. The Morgan fingerprint density at radius 2 is 1.85 bits per heavy atom. The second-order valence-electron chi connectivity index (χ2n) is 5.85. The summed E-state index contributed by atoms with van der Waals surface area (Å²) < 4.78 is 1.64. The average Bonchev–Trinajstić information content (AvgIpc) is 2.69. The van der Waals surface area contributed by atoms with E-state index >= 15 is 0 Å². The van der Waals surface area contributed by atoms with Gasteiger partial charge in [-0.2, -0.15) is 0 Å². The van der Waals surface area contributed by atoms with Gasteiger partial charge in [0, 0.05) is 11.6 Å². The third kappa shape index (κ3) is 2.52. The average molecular weight is 275 g/mol. The molecule has 2 aromatic rings. The maximum absolute atomic E-state index is 11.2. The first-order valence-electron chi connectivity index (χ1n) is 6.28. The van der Waals surface area contributed by atoms with Crippen LogP contribution in [0.15, 0.2) is 24.4 Å². The Morgan fingerprint density at radius 1 is 1.20 bits per heavy atom. The normalized spacial score (nSPS) is 11.8. The molecule has 0 unspecified atom stereocenters. The molecule has 5 heteroatoms. The summed E-state index contributed by atoms with van der Waals surface area (Å²) in [4.78, 5) is 22.1. The van der Waals surface area contributed by atoms with Crippen molar-refractivity contribution in [3.05, 3.63) is 35.5 Å². The van der Waals surface area contributed by atoms with Gasteiger partial charge in [-0.3, -0.25) is 4.79 Å². The Hall–Kier alpha value is -2.30. The van der Waals surface area contributed by atoms with Crippen molar-refractivity contribution in [2.45, 2.75) is 32.7 Å². The van der Waals surface area contributed by atoms with Crippen LogP contribution in [-0.4, -0.2) is 26.7 Å². The molecule has 0 radical (unpaired) electrons. The fraction of sp³-hybridized carbons (Fsp3) is 0.333. The number of aromatic nitrogens is 1. The summed E-state index contributed by atoms with van der Waals surface area (Å²) in [5.41, 5.74) is 1.55. The van der Waals surface area contributed by atoms with E-state index in [2.05, 4.69) is 0 Å². The molecule has 5 nitrogen and oxygen atoms in total. The minimum absolute atomic E-state index is 0.140. The predicted molar refractivity (Wildman–Crippen MR) is 75.2 cm³/mol. The monoisotopic (exact) mass is 275 g/mol. The Labute approximate surface area is 116 Å². The van der Waals surface area contributed by atoms with E-state index in [0.717, 1.165) is 16.5 Å². The molecule has 0 aliphatic rings. The summed E-state index contributed by atoms with van der Waals surface area (Å²) in [5, 5.41) is 18.9. The second-order valence-corrected chi connectivity index (χ2v) is 5.85. The molecule has 0 saturated heterocycles. The van der Waals surface area contributed by atoms with Crippen LogP contribution in [0.5, 0.6) is 0 Å². The van der Waals surface area contributed by atoms with Crippen molar-refractivity contribution in [1.29, 1.82) is 0 Å². The summed E-state index contributed by atoms with van der Waals surface area (Å²) in [6.45, 7) is 5.79. The molecule has 2 N–H and O–H groups in total. The number of benzene rings is 1. The zero-order chi connectivity index (χ0) is 15.1. The zero-order valence-corrected chi connectivity index (χ0v) is 11.7. The number of aliphatic carboxylic acids is 1. The minimum atomic E-state index is -0.983. The van der Waals surface area contributed by atoms with Gasteiger partial charge in [0.1, 0.15) is 6.54 Å². The highest BCUT2D eigenvalue weighted by Gasteiger charge is 2.22. The van der Waals surface area contributed by atoms with Crippen LogP contribution in [0.2, 0.25) is 0 Å². The predicted octanol–water partition coefficient (Wildman–Crippen LogP) is 2.72. The highest BCUT2D eigenvalue weighted by atomic mass is 16.4. The summed E-state index contributed by atoms with van der Waals surface area (Å²) in [6, 6.07) is 4.95. The topological polar surface area (TPSA) is 79.5 Å². The van der Waals surface area contributed by atoms with Gasteiger partial charge < -0.3 is 14.8 Å². The SMILES string of the molecule is CC(C)(C)c1cc(C(=O)O)cc2ccn(CC(=O)O)c12. The van der Waals surface area contributed by atoms with Crippen LogP contribution >= 0.6 is 0 Å². The van der Waals surface area contributed by atoms with Gasteiger partial charge in [0.2, 0.25) is 0 Å². The van der Waals surface area contributed by atoms with Gasteiger partial charge in [0.05, 0.1) is 11.1 Å². The number of hydrogen-bond donors (Lipinski definition) is 2. The van der Waals surface area contributed by atoms with Gasteiger partial charge in [-0.15, -0.1) is 0 Å². The number of rotatable bonds is 3. The van der Waals surface area contributed by atoms with Crippen molar-refractivity contribution in [3.8, 4) is 0 Å². The number of carbonyl (C=O) groups is 2. The zero-order valence-electron chi connectivity index (χ0n) is 11.7.